The molecule has 1 aliphatic rings. The van der Waals surface area contributed by atoms with Crippen molar-refractivity contribution >= 4 is 5.78 Å². The highest BCUT2D eigenvalue weighted by Gasteiger charge is 2.35. The zero-order valence-electron chi connectivity index (χ0n) is 13.7. The number of hydrogen-bond acceptors (Lipinski definition) is 4. The third-order valence-corrected chi connectivity index (χ3v) is 4.40. The maximum Gasteiger partial charge on any atom is 0.158 e. The lowest BCUT2D eigenvalue weighted by atomic mass is 9.92. The molecule has 0 atom stereocenters. The Balaban J connectivity index is 2.10. The van der Waals surface area contributed by atoms with E-state index in [1.807, 2.05) is 18.5 Å². The Kier molecular flexibility index (Phi) is 5.17. The summed E-state index contributed by atoms with van der Waals surface area (Å²) in [4.78, 5) is 15.0. The number of nitrogens with zero attached hydrogens (tertiary/aromatic N) is 3. The minimum Gasteiger partial charge on any atom is -0.379 e. The van der Waals surface area contributed by atoms with Crippen LogP contribution >= 0.6 is 0 Å². The molecular formula is C16H27N3O2. The van der Waals surface area contributed by atoms with E-state index in [-0.39, 0.29) is 5.78 Å². The first-order valence-electron chi connectivity index (χ1n) is 7.90. The number of carbonyl (C=O) groups is 1. The Hall–Kier alpha value is -1.20. The molecular weight excluding hydrogens is 266 g/mol. The van der Waals surface area contributed by atoms with Gasteiger partial charge in [-0.1, -0.05) is 6.92 Å². The fraction of sp³-hybridized carbons (Fsp3) is 0.750. The highest BCUT2D eigenvalue weighted by Crippen LogP contribution is 2.20. The second-order valence-electron chi connectivity index (χ2n) is 6.05. The molecule has 0 saturated carbocycles. The van der Waals surface area contributed by atoms with Crippen molar-refractivity contribution in [3.05, 3.63) is 17.5 Å². The number of Topliss-reactive ketones (excluding diaryl/α,β-unsaturated/α-hetero) is 1. The summed E-state index contributed by atoms with van der Waals surface area (Å²) in [7, 11) is 0. The van der Waals surface area contributed by atoms with Crippen molar-refractivity contribution in [1.29, 1.82) is 0 Å². The van der Waals surface area contributed by atoms with Crippen LogP contribution in [0.2, 0.25) is 0 Å². The van der Waals surface area contributed by atoms with Gasteiger partial charge in [-0.15, -0.1) is 0 Å². The fourth-order valence-electron chi connectivity index (χ4n) is 2.78. The number of aryl methyl sites for hydroxylation is 2. The quantitative estimate of drug-likeness (QED) is 0.801. The van der Waals surface area contributed by atoms with Crippen LogP contribution in [-0.4, -0.2) is 52.3 Å². The van der Waals surface area contributed by atoms with Gasteiger partial charge in [0.15, 0.2) is 5.78 Å². The van der Waals surface area contributed by atoms with Gasteiger partial charge in [0.25, 0.3) is 0 Å². The van der Waals surface area contributed by atoms with Gasteiger partial charge in [0.05, 0.1) is 30.9 Å². The predicted octanol–water partition coefficient (Wildman–Crippen LogP) is 1.69. The summed E-state index contributed by atoms with van der Waals surface area (Å²) in [6.07, 6.45) is 1.35. The second-order valence-corrected chi connectivity index (χ2v) is 6.05. The minimum absolute atomic E-state index is 0.252. The maximum absolute atomic E-state index is 12.8. The number of ketones is 1. The first-order valence-corrected chi connectivity index (χ1v) is 7.90. The van der Waals surface area contributed by atoms with E-state index in [2.05, 4.69) is 29.9 Å². The van der Waals surface area contributed by atoms with Gasteiger partial charge >= 0.3 is 0 Å². The normalized spacial score (nSPS) is 17.1. The van der Waals surface area contributed by atoms with Crippen molar-refractivity contribution in [2.45, 2.75) is 52.6 Å². The van der Waals surface area contributed by atoms with Crippen LogP contribution in [0.25, 0.3) is 0 Å². The highest BCUT2D eigenvalue weighted by atomic mass is 16.5. The van der Waals surface area contributed by atoms with E-state index in [1.165, 1.54) is 0 Å². The average Bonchev–Trinajstić information content (AvgIpc) is 2.90. The summed E-state index contributed by atoms with van der Waals surface area (Å²) in [5.74, 6) is 0.252. The third-order valence-electron chi connectivity index (χ3n) is 4.40. The molecule has 1 saturated heterocycles. The smallest absolute Gasteiger partial charge is 0.158 e. The van der Waals surface area contributed by atoms with Crippen LogP contribution in [-0.2, 0) is 28.9 Å². The molecule has 0 radical (unpaired) electrons. The molecule has 21 heavy (non-hydrogen) atoms. The van der Waals surface area contributed by atoms with E-state index in [0.29, 0.717) is 19.6 Å². The number of ether oxygens (including phenoxy) is 1. The predicted molar refractivity (Wildman–Crippen MR) is 82.5 cm³/mol. The molecule has 0 unspecified atom stereocenters. The summed E-state index contributed by atoms with van der Waals surface area (Å²) in [5.41, 5.74) is 1.64. The summed E-state index contributed by atoms with van der Waals surface area (Å²) in [5, 5.41) is 4.53. The monoisotopic (exact) mass is 293 g/mol. The molecule has 0 amide bonds. The van der Waals surface area contributed by atoms with Gasteiger partial charge in [0.1, 0.15) is 0 Å². The fourth-order valence-corrected chi connectivity index (χ4v) is 2.78. The molecule has 0 bridgehead atoms. The Bertz CT molecular complexity index is 488. The van der Waals surface area contributed by atoms with Gasteiger partial charge in [0, 0.05) is 25.3 Å². The van der Waals surface area contributed by atoms with Crippen molar-refractivity contribution in [1.82, 2.24) is 14.7 Å². The molecule has 1 aromatic rings. The van der Waals surface area contributed by atoms with Crippen molar-refractivity contribution < 1.29 is 9.53 Å². The van der Waals surface area contributed by atoms with Gasteiger partial charge in [-0.05, 0) is 33.3 Å². The minimum atomic E-state index is -0.445. The van der Waals surface area contributed by atoms with E-state index >= 15 is 0 Å². The SMILES string of the molecule is CCc1cc(CC(=O)C(C)(C)N2CCOCC2)n(CC)n1. The molecule has 0 N–H and O–H groups in total. The molecule has 2 rings (SSSR count). The molecule has 1 aliphatic heterocycles. The molecule has 5 nitrogen and oxygen atoms in total. The van der Waals surface area contributed by atoms with E-state index in [9.17, 15) is 4.79 Å². The molecule has 2 heterocycles. The summed E-state index contributed by atoms with van der Waals surface area (Å²) in [6.45, 7) is 12.1. The largest absolute Gasteiger partial charge is 0.379 e. The average molecular weight is 293 g/mol. The zero-order chi connectivity index (χ0) is 15.5. The van der Waals surface area contributed by atoms with Crippen LogP contribution in [0.4, 0.5) is 0 Å². The van der Waals surface area contributed by atoms with Gasteiger partial charge in [-0.25, -0.2) is 0 Å². The van der Waals surface area contributed by atoms with E-state index in [0.717, 1.165) is 37.4 Å². The van der Waals surface area contributed by atoms with Gasteiger partial charge in [0.2, 0.25) is 0 Å². The Morgan fingerprint density at radius 1 is 1.33 bits per heavy atom. The van der Waals surface area contributed by atoms with Crippen LogP contribution < -0.4 is 0 Å². The van der Waals surface area contributed by atoms with Gasteiger partial charge < -0.3 is 4.74 Å². The van der Waals surface area contributed by atoms with Crippen LogP contribution in [0.15, 0.2) is 6.07 Å². The number of carbonyl (C=O) groups excluding carboxylic acids is 1. The summed E-state index contributed by atoms with van der Waals surface area (Å²) >= 11 is 0. The first kappa shape index (κ1) is 16.2. The number of rotatable bonds is 6. The van der Waals surface area contributed by atoms with E-state index in [4.69, 9.17) is 4.74 Å². The standard InChI is InChI=1S/C16H27N3O2/c1-5-13-11-14(19(6-2)17-13)12-15(20)16(3,4)18-7-9-21-10-8-18/h11H,5-10,12H2,1-4H3. The number of hydrogen-bond donors (Lipinski definition) is 0. The lowest BCUT2D eigenvalue weighted by molar-refractivity contribution is -0.131. The summed E-state index contributed by atoms with van der Waals surface area (Å²) < 4.78 is 7.33. The number of morpholine rings is 1. The molecule has 1 fully saturated rings. The molecule has 118 valence electrons. The molecule has 5 heteroatoms. The first-order chi connectivity index (χ1) is 9.98. The molecule has 1 aromatic heterocycles. The second kappa shape index (κ2) is 6.71. The summed E-state index contributed by atoms with van der Waals surface area (Å²) in [6, 6.07) is 2.07. The number of aromatic nitrogens is 2. The zero-order valence-corrected chi connectivity index (χ0v) is 13.7. The molecule has 0 aliphatic carbocycles. The van der Waals surface area contributed by atoms with Crippen molar-refractivity contribution in [2.24, 2.45) is 0 Å². The van der Waals surface area contributed by atoms with Gasteiger partial charge in [-0.3, -0.25) is 14.4 Å². The Labute approximate surface area is 127 Å². The van der Waals surface area contributed by atoms with Crippen molar-refractivity contribution in [3.8, 4) is 0 Å². The molecule has 0 spiro atoms. The third kappa shape index (κ3) is 3.52. The maximum atomic E-state index is 12.8. The Morgan fingerprint density at radius 2 is 2.00 bits per heavy atom. The van der Waals surface area contributed by atoms with Crippen molar-refractivity contribution in [3.63, 3.8) is 0 Å². The highest BCUT2D eigenvalue weighted by molar-refractivity contribution is 5.89. The van der Waals surface area contributed by atoms with Crippen LogP contribution in [0.1, 0.15) is 39.1 Å². The van der Waals surface area contributed by atoms with Crippen molar-refractivity contribution in [2.75, 3.05) is 26.3 Å². The van der Waals surface area contributed by atoms with Crippen LogP contribution in [0.5, 0.6) is 0 Å². The topological polar surface area (TPSA) is 47.4 Å². The lowest BCUT2D eigenvalue weighted by Gasteiger charge is -2.39. The van der Waals surface area contributed by atoms with Crippen LogP contribution in [0, 0.1) is 0 Å². The van der Waals surface area contributed by atoms with Gasteiger partial charge in [-0.2, -0.15) is 5.10 Å². The Morgan fingerprint density at radius 3 is 2.57 bits per heavy atom. The van der Waals surface area contributed by atoms with E-state index in [1.54, 1.807) is 0 Å². The van der Waals surface area contributed by atoms with E-state index < -0.39 is 5.54 Å². The lowest BCUT2D eigenvalue weighted by Crippen LogP contribution is -2.55. The van der Waals surface area contributed by atoms with Crippen LogP contribution in [0.3, 0.4) is 0 Å². The molecule has 0 aromatic carbocycles.